The van der Waals surface area contributed by atoms with Crippen LogP contribution < -0.4 is 0 Å². The number of benzene rings is 1. The highest BCUT2D eigenvalue weighted by molar-refractivity contribution is 6.35. The molecule has 0 aliphatic carbocycles. The van der Waals surface area contributed by atoms with E-state index in [2.05, 4.69) is 4.99 Å². The molecule has 0 saturated carbocycles. The van der Waals surface area contributed by atoms with Crippen LogP contribution in [0.3, 0.4) is 0 Å². The van der Waals surface area contributed by atoms with Gasteiger partial charge in [0.1, 0.15) is 6.61 Å². The molecule has 4 heteroatoms. The van der Waals surface area contributed by atoms with Gasteiger partial charge in [-0.1, -0.05) is 29.3 Å². The van der Waals surface area contributed by atoms with Crippen LogP contribution in [0.1, 0.15) is 19.4 Å². The van der Waals surface area contributed by atoms with Gasteiger partial charge in [0.05, 0.1) is 12.0 Å². The van der Waals surface area contributed by atoms with Gasteiger partial charge in [0, 0.05) is 10.0 Å². The van der Waals surface area contributed by atoms with Crippen LogP contribution in [0.5, 0.6) is 0 Å². The summed E-state index contributed by atoms with van der Waals surface area (Å²) in [5.41, 5.74) is 0.872. The van der Waals surface area contributed by atoms with E-state index in [-0.39, 0.29) is 5.54 Å². The molecule has 0 aromatic heterocycles. The number of hydrogen-bond donors (Lipinski definition) is 0. The summed E-state index contributed by atoms with van der Waals surface area (Å²) in [5, 5.41) is 1.30. The third-order valence-corrected chi connectivity index (χ3v) is 2.96. The molecule has 0 radical (unpaired) electrons. The molecule has 1 aliphatic rings. The number of nitrogens with zero attached hydrogens (tertiary/aromatic N) is 1. The van der Waals surface area contributed by atoms with E-state index in [1.54, 1.807) is 6.07 Å². The third kappa shape index (κ3) is 2.69. The van der Waals surface area contributed by atoms with Gasteiger partial charge < -0.3 is 4.74 Å². The highest BCUT2D eigenvalue weighted by Gasteiger charge is 2.26. The zero-order chi connectivity index (χ0) is 11.8. The summed E-state index contributed by atoms with van der Waals surface area (Å²) < 4.78 is 5.52. The quantitative estimate of drug-likeness (QED) is 0.791. The minimum atomic E-state index is -0.117. The lowest BCUT2D eigenvalue weighted by Crippen LogP contribution is -2.17. The smallest absolute Gasteiger partial charge is 0.188 e. The highest BCUT2D eigenvalue weighted by atomic mass is 35.5. The second-order valence-electron chi connectivity index (χ2n) is 4.52. The van der Waals surface area contributed by atoms with E-state index in [1.807, 2.05) is 26.0 Å². The van der Waals surface area contributed by atoms with E-state index in [0.717, 1.165) is 11.5 Å². The predicted octanol–water partition coefficient (Wildman–Crippen LogP) is 3.74. The minimum Gasteiger partial charge on any atom is -0.478 e. The Kier molecular flexibility index (Phi) is 3.13. The first-order valence-corrected chi connectivity index (χ1v) is 5.87. The number of hydrogen-bond acceptors (Lipinski definition) is 2. The van der Waals surface area contributed by atoms with Gasteiger partial charge in [-0.25, -0.2) is 4.99 Å². The lowest BCUT2D eigenvalue weighted by molar-refractivity contribution is 0.275. The molecule has 2 rings (SSSR count). The van der Waals surface area contributed by atoms with E-state index in [1.165, 1.54) is 0 Å². The van der Waals surface area contributed by atoms with Crippen molar-refractivity contribution in [3.8, 4) is 0 Å². The topological polar surface area (TPSA) is 21.6 Å². The molecule has 1 aromatic rings. The molecule has 0 unspecified atom stereocenters. The number of ether oxygens (including phenoxy) is 1. The minimum absolute atomic E-state index is 0.117. The number of rotatable bonds is 2. The molecule has 0 amide bonds. The summed E-state index contributed by atoms with van der Waals surface area (Å²) >= 11 is 11.9. The number of aliphatic imine (C=N–C) groups is 1. The molecular formula is C12H13Cl2NO. The van der Waals surface area contributed by atoms with Crippen LogP contribution in [-0.4, -0.2) is 18.0 Å². The van der Waals surface area contributed by atoms with Gasteiger partial charge in [0.2, 0.25) is 0 Å². The van der Waals surface area contributed by atoms with Crippen LogP contribution >= 0.6 is 23.2 Å². The van der Waals surface area contributed by atoms with Crippen LogP contribution in [0.15, 0.2) is 23.2 Å². The summed E-state index contributed by atoms with van der Waals surface area (Å²) in [5.74, 6) is 0.745. The second-order valence-corrected chi connectivity index (χ2v) is 5.36. The SMILES string of the molecule is CC1(C)COC(Cc2ccc(Cl)cc2Cl)=N1. The van der Waals surface area contributed by atoms with Crippen molar-refractivity contribution in [2.75, 3.05) is 6.61 Å². The van der Waals surface area contributed by atoms with Crippen molar-refractivity contribution in [3.63, 3.8) is 0 Å². The Hall–Kier alpha value is -0.730. The van der Waals surface area contributed by atoms with E-state index >= 15 is 0 Å². The predicted molar refractivity (Wildman–Crippen MR) is 67.6 cm³/mol. The molecule has 2 nitrogen and oxygen atoms in total. The molecule has 1 aliphatic heterocycles. The van der Waals surface area contributed by atoms with E-state index in [9.17, 15) is 0 Å². The summed E-state index contributed by atoms with van der Waals surface area (Å²) in [7, 11) is 0. The van der Waals surface area contributed by atoms with Gasteiger partial charge in [-0.3, -0.25) is 0 Å². The lowest BCUT2D eigenvalue weighted by Gasteiger charge is -2.07. The van der Waals surface area contributed by atoms with E-state index in [4.69, 9.17) is 27.9 Å². The third-order valence-electron chi connectivity index (χ3n) is 2.38. The molecule has 0 atom stereocenters. The van der Waals surface area contributed by atoms with Crippen molar-refractivity contribution in [2.24, 2.45) is 4.99 Å². The Bertz CT molecular complexity index is 441. The fourth-order valence-corrected chi connectivity index (χ4v) is 2.06. The molecule has 0 spiro atoms. The molecule has 86 valence electrons. The molecule has 1 aromatic carbocycles. The van der Waals surface area contributed by atoms with Crippen molar-refractivity contribution in [3.05, 3.63) is 33.8 Å². The monoisotopic (exact) mass is 257 g/mol. The summed E-state index contributed by atoms with van der Waals surface area (Å²) in [6, 6.07) is 5.46. The maximum Gasteiger partial charge on any atom is 0.188 e. The van der Waals surface area contributed by atoms with Crippen molar-refractivity contribution < 1.29 is 4.74 Å². The Labute approximate surface area is 105 Å². The average Bonchev–Trinajstić information content (AvgIpc) is 2.51. The molecule has 1 heterocycles. The normalized spacial score (nSPS) is 18.1. The molecule has 0 saturated heterocycles. The Morgan fingerprint density at radius 1 is 1.38 bits per heavy atom. The van der Waals surface area contributed by atoms with Gasteiger partial charge in [0.25, 0.3) is 0 Å². The summed E-state index contributed by atoms with van der Waals surface area (Å²) in [4.78, 5) is 4.48. The molecule has 0 fully saturated rings. The van der Waals surface area contributed by atoms with Gasteiger partial charge in [-0.05, 0) is 31.5 Å². The Morgan fingerprint density at radius 2 is 2.12 bits per heavy atom. The van der Waals surface area contributed by atoms with E-state index < -0.39 is 0 Å². The largest absolute Gasteiger partial charge is 0.478 e. The van der Waals surface area contributed by atoms with Gasteiger partial charge in [-0.2, -0.15) is 0 Å². The Morgan fingerprint density at radius 3 is 2.69 bits per heavy atom. The lowest BCUT2D eigenvalue weighted by atomic mass is 10.1. The molecule has 0 N–H and O–H groups in total. The van der Waals surface area contributed by atoms with Crippen LogP contribution in [0.25, 0.3) is 0 Å². The Balaban J connectivity index is 2.16. The van der Waals surface area contributed by atoms with Crippen molar-refractivity contribution >= 4 is 29.1 Å². The van der Waals surface area contributed by atoms with Crippen LogP contribution in [-0.2, 0) is 11.2 Å². The molecule has 16 heavy (non-hydrogen) atoms. The maximum atomic E-state index is 6.08. The fourth-order valence-electron chi connectivity index (χ4n) is 1.58. The van der Waals surface area contributed by atoms with Crippen LogP contribution in [0.2, 0.25) is 10.0 Å². The van der Waals surface area contributed by atoms with Crippen LogP contribution in [0.4, 0.5) is 0 Å². The van der Waals surface area contributed by atoms with Crippen molar-refractivity contribution in [1.29, 1.82) is 0 Å². The standard InChI is InChI=1S/C12H13Cl2NO/c1-12(2)7-16-11(15-12)5-8-3-4-9(13)6-10(8)14/h3-4,6H,5,7H2,1-2H3. The van der Waals surface area contributed by atoms with E-state index in [0.29, 0.717) is 23.1 Å². The van der Waals surface area contributed by atoms with Crippen molar-refractivity contribution in [2.45, 2.75) is 25.8 Å². The fraction of sp³-hybridized carbons (Fsp3) is 0.417. The summed E-state index contributed by atoms with van der Waals surface area (Å²) in [6.45, 7) is 4.72. The summed E-state index contributed by atoms with van der Waals surface area (Å²) in [6.07, 6.45) is 0.624. The number of halogens is 2. The van der Waals surface area contributed by atoms with Gasteiger partial charge >= 0.3 is 0 Å². The first kappa shape index (κ1) is 11.7. The first-order chi connectivity index (χ1) is 7.46. The molecule has 0 bridgehead atoms. The van der Waals surface area contributed by atoms with Crippen molar-refractivity contribution in [1.82, 2.24) is 0 Å². The first-order valence-electron chi connectivity index (χ1n) is 5.12. The zero-order valence-electron chi connectivity index (χ0n) is 9.26. The zero-order valence-corrected chi connectivity index (χ0v) is 10.8. The average molecular weight is 258 g/mol. The maximum absolute atomic E-state index is 6.08. The van der Waals surface area contributed by atoms with Gasteiger partial charge in [0.15, 0.2) is 5.90 Å². The van der Waals surface area contributed by atoms with Crippen LogP contribution in [0, 0.1) is 0 Å². The second kappa shape index (κ2) is 4.27. The molecular weight excluding hydrogens is 245 g/mol. The van der Waals surface area contributed by atoms with Gasteiger partial charge in [-0.15, -0.1) is 0 Å². The highest BCUT2D eigenvalue weighted by Crippen LogP contribution is 2.24.